The number of rotatable bonds is 12. The third-order valence-electron chi connectivity index (χ3n) is 26.2. The van der Waals surface area contributed by atoms with Crippen LogP contribution in [0.5, 0.6) is 0 Å². The first-order valence-electron chi connectivity index (χ1n) is 47.3. The van der Waals surface area contributed by atoms with Crippen molar-refractivity contribution in [2.24, 2.45) is 0 Å². The van der Waals surface area contributed by atoms with Gasteiger partial charge in [0.25, 0.3) is 0 Å². The highest BCUT2D eigenvalue weighted by Crippen LogP contribution is 2.48. The van der Waals surface area contributed by atoms with Crippen molar-refractivity contribution >= 4 is 88.8 Å². The van der Waals surface area contributed by atoms with E-state index in [1.807, 2.05) is 376 Å². The van der Waals surface area contributed by atoms with Crippen LogP contribution in [0.25, 0.3) is 316 Å². The van der Waals surface area contributed by atoms with E-state index in [9.17, 15) is 0 Å². The molecule has 28 heteroatoms. The van der Waals surface area contributed by atoms with Crippen LogP contribution in [0.2, 0.25) is 0 Å². The molecule has 4 aliphatic rings. The van der Waals surface area contributed by atoms with Crippen LogP contribution in [-0.2, 0) is 0 Å². The predicted octanol–water partition coefficient (Wildman–Crippen LogP) is 24.8. The normalized spacial score (nSPS) is 11.8. The molecule has 25 aromatic rings. The Labute approximate surface area is 826 Å². The first kappa shape index (κ1) is 82.2. The molecule has 146 heavy (non-hydrogen) atoms. The molecule has 0 saturated heterocycles. The molecular formula is C118H66N28. The fraction of sp³-hybridized carbons (Fsp3) is 0. The van der Waals surface area contributed by atoms with Crippen molar-refractivity contribution in [3.63, 3.8) is 0 Å². The van der Waals surface area contributed by atoms with E-state index in [2.05, 4.69) is 19.9 Å². The Balaban J connectivity index is 0.777. The zero-order chi connectivity index (χ0) is 96.0. The minimum atomic E-state index is 0.139. The van der Waals surface area contributed by atoms with Crippen LogP contribution in [0.15, 0.2) is 376 Å². The van der Waals surface area contributed by atoms with Gasteiger partial charge >= 0.3 is 0 Å². The molecule has 0 fully saturated rings. The Morgan fingerprint density at radius 1 is 0.103 bits per heavy atom. The van der Waals surface area contributed by atoms with Gasteiger partial charge in [0.15, 0.2) is 69.2 Å². The van der Waals surface area contributed by atoms with Crippen LogP contribution in [0, 0.1) is 0 Å². The minimum absolute atomic E-state index is 0.139. The SMILES string of the molecule is c1ccc(-c2nc3c(nc2-c2ccccc2)-c2nc-3nc3[nH]c(nc4nc(nc5[nH]c(n2)c2nc(-c6ccccc6)c(-c6ccccc6)nc52)-c2nc(-c5ccccc5)c(-c5ccccc5)nc2-4)c2cc4c5nc6nc(nc7[nH]c(nc8nc(nc([nH]5)c4cc32)-c2nc(-c3ccccc3)c(-c3ccccc3)nc2-8)c2nc(-c3ccccc3)c(-c3ccccc3)nc72)-c2nc(-c3ccccc3)c(-c3ccccc3)nc2-6)cc1. The summed E-state index contributed by atoms with van der Waals surface area (Å²) < 4.78 is 0. The fourth-order valence-electron chi connectivity index (χ4n) is 19.4. The van der Waals surface area contributed by atoms with E-state index in [1.165, 1.54) is 0 Å². The quantitative estimate of drug-likeness (QED) is 0.0882. The van der Waals surface area contributed by atoms with Crippen molar-refractivity contribution in [3.05, 3.63) is 376 Å². The molecular weight excluding hydrogens is 1810 g/mol. The number of H-pyrrole nitrogens is 4. The summed E-state index contributed by atoms with van der Waals surface area (Å²) in [5, 5.41) is 2.06. The summed E-state index contributed by atoms with van der Waals surface area (Å²) in [7, 11) is 0. The molecule has 0 radical (unpaired) electrons. The summed E-state index contributed by atoms with van der Waals surface area (Å²) >= 11 is 0. The molecule has 0 unspecified atom stereocenters. The summed E-state index contributed by atoms with van der Waals surface area (Å²) in [5.74, 6) is 1.13. The Morgan fingerprint density at radius 2 is 0.219 bits per heavy atom. The molecule has 16 bridgehead atoms. The second-order valence-electron chi connectivity index (χ2n) is 35.3. The van der Waals surface area contributed by atoms with Crippen LogP contribution in [0.3, 0.4) is 0 Å². The maximum Gasteiger partial charge on any atom is 0.184 e. The number of hydrogen-bond donors (Lipinski definition) is 4. The molecule has 0 saturated carbocycles. The lowest BCUT2D eigenvalue weighted by Gasteiger charge is -2.11. The smallest absolute Gasteiger partial charge is 0.184 e. The molecule has 0 atom stereocenters. The summed E-state index contributed by atoms with van der Waals surface area (Å²) in [6, 6.07) is 123. The summed E-state index contributed by atoms with van der Waals surface area (Å²) in [4.78, 5) is 150. The lowest BCUT2D eigenvalue weighted by Crippen LogP contribution is -1.99. The largest absolute Gasteiger partial charge is 0.324 e. The van der Waals surface area contributed by atoms with Crippen LogP contribution in [-0.4, -0.2) is 140 Å². The van der Waals surface area contributed by atoms with Crippen LogP contribution >= 0.6 is 0 Å². The zero-order valence-electron chi connectivity index (χ0n) is 76.5. The van der Waals surface area contributed by atoms with Gasteiger partial charge in [-0.2, -0.15) is 0 Å². The van der Waals surface area contributed by atoms with Crippen molar-refractivity contribution in [2.45, 2.75) is 0 Å². The molecule has 678 valence electrons. The van der Waals surface area contributed by atoms with Gasteiger partial charge in [0.2, 0.25) is 0 Å². The van der Waals surface area contributed by atoms with Crippen molar-refractivity contribution in [2.75, 3.05) is 0 Å². The maximum absolute atomic E-state index is 5.75. The predicted molar refractivity (Wildman–Crippen MR) is 564 cm³/mol. The van der Waals surface area contributed by atoms with Gasteiger partial charge in [0.05, 0.1) is 68.3 Å². The Bertz CT molecular complexity index is 8950. The highest BCUT2D eigenvalue weighted by molar-refractivity contribution is 6.18. The third kappa shape index (κ3) is 13.9. The third-order valence-corrected chi connectivity index (χ3v) is 26.2. The Hall–Kier alpha value is -20.9. The average molecular weight is 1880 g/mol. The van der Waals surface area contributed by atoms with E-state index in [0.717, 1.165) is 66.8 Å². The van der Waals surface area contributed by atoms with Crippen molar-refractivity contribution < 1.29 is 0 Å². The lowest BCUT2D eigenvalue weighted by molar-refractivity contribution is 1.18. The van der Waals surface area contributed by atoms with Crippen molar-refractivity contribution in [3.8, 4) is 227 Å². The Morgan fingerprint density at radius 3 is 0.356 bits per heavy atom. The molecule has 29 rings (SSSR count). The molecule has 12 aromatic heterocycles. The summed E-state index contributed by atoms with van der Waals surface area (Å²) in [5.41, 5.74) is 22.4. The van der Waals surface area contributed by atoms with Gasteiger partial charge in [-0.25, -0.2) is 120 Å². The monoisotopic (exact) mass is 1870 g/mol. The van der Waals surface area contributed by atoms with Crippen LogP contribution in [0.4, 0.5) is 0 Å². The number of nitrogens with one attached hydrogen (secondary N) is 4. The van der Waals surface area contributed by atoms with E-state index in [1.54, 1.807) is 0 Å². The number of benzene rings is 13. The standard InChI is InChI=1S/C118H66N28/c1-13-37-63(38-14-1)79-83(67-45-21-5-22-46-67)123-95-91(119-79)107-133-103-75-61-77-78(62-76(75)104(131-103)134-108-92-96(124-84(68-47-23-6-24-48-68)80(120-92)64-39-15-2-16-40-64)112(138-108)142-116-100-99(115(145-116)141-111(95)137-107)127-87(71-53-29-9-30-54-71)88(128-100)72-55-31-10-32-56-72)106-132-105(77)135-109-93-97(125-85(69-49-25-7-26-50-69)81(121-93)65-41-17-3-18-42-65)113(139-109)143-117-101-102(130-90(74-59-35-12-36-60-74)89(129-101)73-57-33-11-34-58-73)118(146-117)144-114-98-94(110(136-106)140-114)122-82(66-43-19-4-20-44-66)86(126-98)70-51-27-8-28-52-70/h1-62H,(H2,131,133,134,137,138,141,142,145)(H2,132,135,136,139,140,143,144,146). The van der Waals surface area contributed by atoms with E-state index in [4.69, 9.17) is 120 Å². The number of aromatic nitrogens is 28. The molecule has 0 aliphatic carbocycles. The zero-order valence-corrected chi connectivity index (χ0v) is 76.5. The average Bonchev–Trinajstić information content (AvgIpc) is 1.56. The van der Waals surface area contributed by atoms with Gasteiger partial charge in [-0.3, -0.25) is 0 Å². The number of aromatic amines is 4. The van der Waals surface area contributed by atoms with Crippen molar-refractivity contribution in [1.29, 1.82) is 0 Å². The molecule has 0 spiro atoms. The van der Waals surface area contributed by atoms with E-state index < -0.39 is 0 Å². The number of fused-ring (bicyclic) bond motifs is 40. The number of hydrogen-bond acceptors (Lipinski definition) is 24. The molecule has 13 aromatic carbocycles. The molecule has 28 nitrogen and oxygen atoms in total. The highest BCUT2D eigenvalue weighted by atomic mass is 15.2. The van der Waals surface area contributed by atoms with E-state index in [0.29, 0.717) is 157 Å². The molecule has 0 amide bonds. The first-order chi connectivity index (χ1) is 72.3. The molecule has 16 heterocycles. The molecule has 4 aliphatic heterocycles. The Kier molecular flexibility index (Phi) is 18.8. The second kappa shape index (κ2) is 33.4. The summed E-state index contributed by atoms with van der Waals surface area (Å²) in [6.45, 7) is 0. The molecule has 4 N–H and O–H groups in total. The van der Waals surface area contributed by atoms with Crippen LogP contribution in [0.1, 0.15) is 0 Å². The number of nitrogens with zero attached hydrogens (tertiary/aromatic N) is 24. The van der Waals surface area contributed by atoms with Gasteiger partial charge in [-0.1, -0.05) is 364 Å². The van der Waals surface area contributed by atoms with E-state index >= 15 is 0 Å². The lowest BCUT2D eigenvalue weighted by atomic mass is 10.0. The van der Waals surface area contributed by atoms with Crippen molar-refractivity contribution in [1.82, 2.24) is 140 Å². The van der Waals surface area contributed by atoms with Gasteiger partial charge < -0.3 is 19.9 Å². The maximum atomic E-state index is 5.75. The second-order valence-corrected chi connectivity index (χ2v) is 35.3. The van der Waals surface area contributed by atoms with E-state index in [-0.39, 0.29) is 91.8 Å². The highest BCUT2D eigenvalue weighted by Gasteiger charge is 2.36. The first-order valence-corrected chi connectivity index (χ1v) is 47.3. The van der Waals surface area contributed by atoms with Crippen LogP contribution < -0.4 is 0 Å². The fourth-order valence-corrected chi connectivity index (χ4v) is 19.4. The van der Waals surface area contributed by atoms with Gasteiger partial charge in [-0.05, 0) is 12.1 Å². The van der Waals surface area contributed by atoms with Gasteiger partial charge in [-0.15, -0.1) is 0 Å². The minimum Gasteiger partial charge on any atom is -0.324 e. The summed E-state index contributed by atoms with van der Waals surface area (Å²) in [6.07, 6.45) is 0. The van der Waals surface area contributed by atoms with Gasteiger partial charge in [0, 0.05) is 88.3 Å². The van der Waals surface area contributed by atoms with Gasteiger partial charge in [0.1, 0.15) is 90.2 Å². The topological polar surface area (TPSA) is 373 Å².